The van der Waals surface area contributed by atoms with E-state index in [2.05, 4.69) is 13.8 Å². The standard InChI is InChI=1S/C17H18O2/c1-13(2)15-8-10-16(18)17(11-9-15)19-12-14-6-4-3-5-7-14/h3-11,13H,12H2,1-2H3. The first-order chi connectivity index (χ1) is 9.16. The summed E-state index contributed by atoms with van der Waals surface area (Å²) in [5.74, 6) is 0.796. The number of ether oxygens (including phenoxy) is 1. The van der Waals surface area contributed by atoms with Gasteiger partial charge in [0.15, 0.2) is 5.75 Å². The molecular weight excluding hydrogens is 236 g/mol. The molecule has 2 heteroatoms. The second-order valence-electron chi connectivity index (χ2n) is 4.82. The molecule has 0 spiro atoms. The maximum atomic E-state index is 11.9. The molecule has 0 aliphatic carbocycles. The molecule has 0 unspecified atom stereocenters. The van der Waals surface area contributed by atoms with Crippen LogP contribution in [0.25, 0.3) is 0 Å². The van der Waals surface area contributed by atoms with Crippen molar-refractivity contribution in [3.63, 3.8) is 0 Å². The molecule has 0 aliphatic rings. The Balaban J connectivity index is 2.17. The van der Waals surface area contributed by atoms with Gasteiger partial charge in [-0.15, -0.1) is 0 Å². The van der Waals surface area contributed by atoms with Crippen LogP contribution in [0, 0.1) is 0 Å². The van der Waals surface area contributed by atoms with E-state index in [-0.39, 0.29) is 5.43 Å². The van der Waals surface area contributed by atoms with Gasteiger partial charge >= 0.3 is 0 Å². The minimum absolute atomic E-state index is 0.0807. The van der Waals surface area contributed by atoms with Crippen LogP contribution in [0.15, 0.2) is 59.4 Å². The first kappa shape index (κ1) is 13.3. The summed E-state index contributed by atoms with van der Waals surface area (Å²) >= 11 is 0. The lowest BCUT2D eigenvalue weighted by Crippen LogP contribution is -2.04. The van der Waals surface area contributed by atoms with E-state index in [1.54, 1.807) is 12.1 Å². The molecule has 0 saturated heterocycles. The molecule has 2 nitrogen and oxygen atoms in total. The van der Waals surface area contributed by atoms with E-state index >= 15 is 0 Å². The van der Waals surface area contributed by atoms with Crippen molar-refractivity contribution >= 4 is 0 Å². The van der Waals surface area contributed by atoms with Gasteiger partial charge in [-0.1, -0.05) is 56.3 Å². The van der Waals surface area contributed by atoms with Crippen molar-refractivity contribution in [2.24, 2.45) is 0 Å². The molecule has 19 heavy (non-hydrogen) atoms. The van der Waals surface area contributed by atoms with Gasteiger partial charge in [0, 0.05) is 0 Å². The maximum absolute atomic E-state index is 11.9. The highest BCUT2D eigenvalue weighted by Crippen LogP contribution is 2.14. The average molecular weight is 254 g/mol. The second kappa shape index (κ2) is 6.19. The summed E-state index contributed by atoms with van der Waals surface area (Å²) in [6, 6.07) is 17.0. The molecule has 0 radical (unpaired) electrons. The van der Waals surface area contributed by atoms with E-state index in [0.29, 0.717) is 18.3 Å². The molecule has 2 aromatic carbocycles. The van der Waals surface area contributed by atoms with Gasteiger partial charge in [0.1, 0.15) is 6.61 Å². The van der Waals surface area contributed by atoms with Crippen molar-refractivity contribution < 1.29 is 4.74 Å². The summed E-state index contributed by atoms with van der Waals surface area (Å²) in [6.45, 7) is 4.62. The van der Waals surface area contributed by atoms with Gasteiger partial charge < -0.3 is 4.74 Å². The third-order valence-electron chi connectivity index (χ3n) is 3.00. The minimum Gasteiger partial charge on any atom is -0.485 e. The van der Waals surface area contributed by atoms with E-state index < -0.39 is 0 Å². The Kier molecular flexibility index (Phi) is 4.35. The predicted octanol–water partition coefficient (Wildman–Crippen LogP) is 3.75. The lowest BCUT2D eigenvalue weighted by atomic mass is 10.1. The zero-order valence-corrected chi connectivity index (χ0v) is 11.3. The van der Waals surface area contributed by atoms with Crippen molar-refractivity contribution in [3.05, 3.63) is 75.9 Å². The third kappa shape index (κ3) is 3.68. The average Bonchev–Trinajstić information content (AvgIpc) is 2.60. The Morgan fingerprint density at radius 1 is 0.947 bits per heavy atom. The molecule has 2 rings (SSSR count). The summed E-state index contributed by atoms with van der Waals surface area (Å²) < 4.78 is 5.61. The van der Waals surface area contributed by atoms with Crippen LogP contribution >= 0.6 is 0 Å². The van der Waals surface area contributed by atoms with Crippen LogP contribution in [0.4, 0.5) is 0 Å². The first-order valence-corrected chi connectivity index (χ1v) is 6.48. The molecule has 0 aliphatic heterocycles. The van der Waals surface area contributed by atoms with Gasteiger partial charge in [-0.25, -0.2) is 0 Å². The molecule has 0 amide bonds. The van der Waals surface area contributed by atoms with Crippen LogP contribution in [0.3, 0.4) is 0 Å². The molecule has 0 N–H and O–H groups in total. The molecule has 98 valence electrons. The minimum atomic E-state index is -0.0807. The topological polar surface area (TPSA) is 26.3 Å². The molecule has 0 atom stereocenters. The SMILES string of the molecule is CC(C)c1ccc(OCc2ccccc2)c(=O)cc1. The Morgan fingerprint density at radius 2 is 1.63 bits per heavy atom. The van der Waals surface area contributed by atoms with E-state index in [1.165, 1.54) is 0 Å². The summed E-state index contributed by atoms with van der Waals surface area (Å²) in [6.07, 6.45) is 0. The Bertz CT molecular complexity index is 589. The van der Waals surface area contributed by atoms with Crippen molar-refractivity contribution in [1.82, 2.24) is 0 Å². The molecule has 0 aromatic heterocycles. The Morgan fingerprint density at radius 3 is 2.32 bits per heavy atom. The normalized spacial score (nSPS) is 10.5. The monoisotopic (exact) mass is 254 g/mol. The maximum Gasteiger partial charge on any atom is 0.220 e. The van der Waals surface area contributed by atoms with Gasteiger partial charge in [0.05, 0.1) is 0 Å². The van der Waals surface area contributed by atoms with Crippen molar-refractivity contribution in [2.45, 2.75) is 26.4 Å². The van der Waals surface area contributed by atoms with Gasteiger partial charge in [0.2, 0.25) is 5.43 Å². The van der Waals surface area contributed by atoms with Crippen LogP contribution in [-0.4, -0.2) is 0 Å². The Hall–Kier alpha value is -2.09. The van der Waals surface area contributed by atoms with Crippen LogP contribution in [0.1, 0.15) is 30.9 Å². The fourth-order valence-corrected chi connectivity index (χ4v) is 1.80. The summed E-state index contributed by atoms with van der Waals surface area (Å²) in [5, 5.41) is 0. The third-order valence-corrected chi connectivity index (χ3v) is 3.00. The number of hydrogen-bond donors (Lipinski definition) is 0. The van der Waals surface area contributed by atoms with Gasteiger partial charge in [-0.2, -0.15) is 0 Å². The Labute approximate surface area is 113 Å². The van der Waals surface area contributed by atoms with E-state index in [4.69, 9.17) is 4.74 Å². The van der Waals surface area contributed by atoms with Crippen LogP contribution in [0.2, 0.25) is 0 Å². The highest BCUT2D eigenvalue weighted by atomic mass is 16.5. The number of benzene rings is 1. The van der Waals surface area contributed by atoms with Gasteiger partial charge in [-0.3, -0.25) is 4.79 Å². The molecule has 0 bridgehead atoms. The van der Waals surface area contributed by atoms with E-state index in [9.17, 15) is 4.79 Å². The van der Waals surface area contributed by atoms with Crippen LogP contribution in [0.5, 0.6) is 5.75 Å². The largest absolute Gasteiger partial charge is 0.485 e. The molecule has 0 fully saturated rings. The van der Waals surface area contributed by atoms with E-state index in [1.807, 2.05) is 42.5 Å². The first-order valence-electron chi connectivity index (χ1n) is 6.48. The smallest absolute Gasteiger partial charge is 0.220 e. The molecule has 2 aromatic rings. The number of rotatable bonds is 4. The lowest BCUT2D eigenvalue weighted by molar-refractivity contribution is 0.304. The fourth-order valence-electron chi connectivity index (χ4n) is 1.80. The van der Waals surface area contributed by atoms with Gasteiger partial charge in [-0.05, 0) is 29.2 Å². The van der Waals surface area contributed by atoms with Gasteiger partial charge in [0.25, 0.3) is 0 Å². The zero-order chi connectivity index (χ0) is 13.7. The fraction of sp³-hybridized carbons (Fsp3) is 0.235. The summed E-state index contributed by atoms with van der Waals surface area (Å²) in [4.78, 5) is 11.9. The zero-order valence-electron chi connectivity index (χ0n) is 11.3. The highest BCUT2D eigenvalue weighted by Gasteiger charge is 2.02. The lowest BCUT2D eigenvalue weighted by Gasteiger charge is -2.03. The van der Waals surface area contributed by atoms with Crippen molar-refractivity contribution in [2.75, 3.05) is 0 Å². The number of hydrogen-bond acceptors (Lipinski definition) is 2. The molecule has 0 saturated carbocycles. The van der Waals surface area contributed by atoms with Crippen molar-refractivity contribution in [1.29, 1.82) is 0 Å². The quantitative estimate of drug-likeness (QED) is 0.830. The predicted molar refractivity (Wildman–Crippen MR) is 77.6 cm³/mol. The highest BCUT2D eigenvalue weighted by molar-refractivity contribution is 5.27. The summed E-state index contributed by atoms with van der Waals surface area (Å²) in [7, 11) is 0. The van der Waals surface area contributed by atoms with Crippen molar-refractivity contribution in [3.8, 4) is 5.75 Å². The molecular formula is C17H18O2. The van der Waals surface area contributed by atoms with Crippen LogP contribution in [-0.2, 0) is 6.61 Å². The second-order valence-corrected chi connectivity index (χ2v) is 4.82. The van der Waals surface area contributed by atoms with Crippen LogP contribution < -0.4 is 10.2 Å². The summed E-state index contributed by atoms with van der Waals surface area (Å²) in [5.41, 5.74) is 2.10. The van der Waals surface area contributed by atoms with E-state index in [0.717, 1.165) is 11.1 Å². The molecule has 0 heterocycles.